The van der Waals surface area contributed by atoms with Crippen LogP contribution in [0.25, 0.3) is 22.6 Å². The summed E-state index contributed by atoms with van der Waals surface area (Å²) in [6.45, 7) is 1.22. The number of halogens is 3. The molecule has 0 radical (unpaired) electrons. The van der Waals surface area contributed by atoms with Crippen molar-refractivity contribution < 1.29 is 31.5 Å². The number of rotatable bonds is 7. The van der Waals surface area contributed by atoms with Gasteiger partial charge >= 0.3 is 12.1 Å². The minimum Gasteiger partial charge on any atom is -0.772 e. The maximum atomic E-state index is 13.1. The van der Waals surface area contributed by atoms with Gasteiger partial charge in [0.2, 0.25) is 0 Å². The van der Waals surface area contributed by atoms with Crippen molar-refractivity contribution in [2.24, 2.45) is 0 Å². The molecule has 0 aliphatic rings. The van der Waals surface area contributed by atoms with E-state index in [2.05, 4.69) is 10.1 Å². The third kappa shape index (κ3) is 5.16. The average molecular weight is 440 g/mol. The van der Waals surface area contributed by atoms with Crippen LogP contribution in [0.3, 0.4) is 0 Å². The van der Waals surface area contributed by atoms with Crippen LogP contribution >= 0.6 is 0 Å². The average Bonchev–Trinajstić information content (AvgIpc) is 3.28. The summed E-state index contributed by atoms with van der Waals surface area (Å²) in [5.41, 5.74) is 1.06. The van der Waals surface area contributed by atoms with Crippen molar-refractivity contribution in [1.29, 1.82) is 0 Å². The van der Waals surface area contributed by atoms with Crippen LogP contribution in [0.2, 0.25) is 0 Å². The Morgan fingerprint density at radius 1 is 1.23 bits per heavy atom. The third-order valence-electron chi connectivity index (χ3n) is 4.14. The minimum absolute atomic E-state index is 0.0680. The largest absolute Gasteiger partial charge is 0.772 e. The molecule has 0 aliphatic heterocycles. The van der Waals surface area contributed by atoms with Crippen LogP contribution in [0, 0.1) is 0 Å². The number of benzene rings is 1. The number of carbonyl (C=O) groups excluding carboxylic acids is 1. The first-order valence-electron chi connectivity index (χ1n) is 8.82. The predicted molar refractivity (Wildman–Crippen MR) is 102 cm³/mol. The van der Waals surface area contributed by atoms with Crippen LogP contribution in [0.4, 0.5) is 13.2 Å². The number of hydrogen-bond acceptors (Lipinski definition) is 5. The second-order valence-corrected chi connectivity index (χ2v) is 7.21. The number of ether oxygens (including phenoxy) is 1. The highest BCUT2D eigenvalue weighted by Gasteiger charge is 2.35. The minimum atomic E-state index is -4.67. The van der Waals surface area contributed by atoms with Crippen LogP contribution < -0.4 is 0 Å². The molecule has 0 saturated carbocycles. The zero-order chi connectivity index (χ0) is 21.9. The summed E-state index contributed by atoms with van der Waals surface area (Å²) in [4.78, 5) is 14.8. The van der Waals surface area contributed by atoms with Crippen molar-refractivity contribution in [3.63, 3.8) is 0 Å². The van der Waals surface area contributed by atoms with E-state index in [0.29, 0.717) is 22.5 Å². The van der Waals surface area contributed by atoms with Gasteiger partial charge in [-0.1, -0.05) is 29.3 Å². The predicted octanol–water partition coefficient (Wildman–Crippen LogP) is 3.51. The van der Waals surface area contributed by atoms with Crippen LogP contribution in [0.1, 0.15) is 18.2 Å². The highest BCUT2D eigenvalue weighted by Crippen LogP contribution is 2.32. The summed E-state index contributed by atoms with van der Waals surface area (Å²) < 4.78 is 67.0. The van der Waals surface area contributed by atoms with E-state index in [4.69, 9.17) is 4.74 Å². The number of nitrogens with one attached hydrogen (secondary N) is 1. The molecule has 3 aromatic rings. The summed E-state index contributed by atoms with van der Waals surface area (Å²) in [5, 5.41) is 3.51. The molecule has 1 unspecified atom stereocenters. The van der Waals surface area contributed by atoms with E-state index in [0.717, 1.165) is 10.7 Å². The smallest absolute Gasteiger partial charge is 0.435 e. The number of carbonyl (C=O) groups is 1. The molecule has 7 nitrogen and oxygen atoms in total. The lowest BCUT2D eigenvalue weighted by Gasteiger charge is -2.07. The van der Waals surface area contributed by atoms with Crippen molar-refractivity contribution in [2.75, 3.05) is 6.61 Å². The molecule has 0 saturated heterocycles. The van der Waals surface area contributed by atoms with Gasteiger partial charge in [-0.05, 0) is 42.3 Å². The molecule has 11 heteroatoms. The van der Waals surface area contributed by atoms with E-state index < -0.39 is 35.5 Å². The molecule has 2 aromatic heterocycles. The number of esters is 1. The zero-order valence-electron chi connectivity index (χ0n) is 15.7. The fourth-order valence-electron chi connectivity index (χ4n) is 2.90. The lowest BCUT2D eigenvalue weighted by molar-refractivity contribution is -0.146. The maximum absolute atomic E-state index is 13.1. The molecular formula is C19H17F3N3O4S-. The highest BCUT2D eigenvalue weighted by atomic mass is 32.2. The van der Waals surface area contributed by atoms with Crippen LogP contribution in [-0.2, 0) is 39.1 Å². The Morgan fingerprint density at radius 2 is 1.97 bits per heavy atom. The summed E-state index contributed by atoms with van der Waals surface area (Å²) >= 11 is -2.24. The van der Waals surface area contributed by atoms with Crippen molar-refractivity contribution in [2.45, 2.75) is 25.4 Å². The van der Waals surface area contributed by atoms with E-state index in [-0.39, 0.29) is 18.1 Å². The Labute approximate surface area is 172 Å². The molecule has 1 atom stereocenters. The summed E-state index contributed by atoms with van der Waals surface area (Å²) in [5.74, 6) is -0.858. The van der Waals surface area contributed by atoms with Gasteiger partial charge in [0.25, 0.3) is 0 Å². The molecule has 0 spiro atoms. The van der Waals surface area contributed by atoms with Crippen molar-refractivity contribution >= 4 is 17.0 Å². The molecule has 30 heavy (non-hydrogen) atoms. The van der Waals surface area contributed by atoms with Gasteiger partial charge in [-0.3, -0.25) is 13.7 Å². The first kappa shape index (κ1) is 21.8. The number of alkyl halides is 3. The lowest BCUT2D eigenvalue weighted by atomic mass is 10.1. The number of H-pyrrole nitrogens is 1. The Hall–Kier alpha value is -2.92. The summed E-state index contributed by atoms with van der Waals surface area (Å²) in [6, 6.07) is 10.8. The topological polar surface area (TPSA) is 100 Å². The monoisotopic (exact) mass is 440 g/mol. The Bertz CT molecular complexity index is 1080. The standard InChI is InChI=1S/C19H18F3N3O4S/c1-2-29-18(26)10-25-16(9-17(24-25)19(20,21)22)15-7-6-14(23-15)13-5-3-4-12(8-13)11-30(27)28/h3-9,23H,2,10-11H2,1H3,(H,27,28)/p-1. The lowest BCUT2D eigenvalue weighted by Crippen LogP contribution is -2.16. The van der Waals surface area contributed by atoms with Gasteiger partial charge in [0, 0.05) is 11.4 Å². The van der Waals surface area contributed by atoms with E-state index in [1.807, 2.05) is 0 Å². The number of aromatic amines is 1. The van der Waals surface area contributed by atoms with E-state index in [1.54, 1.807) is 43.3 Å². The molecule has 0 bridgehead atoms. The molecule has 1 aromatic carbocycles. The second kappa shape index (κ2) is 8.84. The van der Waals surface area contributed by atoms with Gasteiger partial charge in [-0.2, -0.15) is 18.3 Å². The molecule has 0 amide bonds. The Morgan fingerprint density at radius 3 is 2.63 bits per heavy atom. The quantitative estimate of drug-likeness (QED) is 0.448. The molecule has 0 fully saturated rings. The first-order valence-corrected chi connectivity index (χ1v) is 10.1. The van der Waals surface area contributed by atoms with Crippen LogP contribution in [-0.4, -0.2) is 36.1 Å². The molecule has 3 rings (SSSR count). The summed E-state index contributed by atoms with van der Waals surface area (Å²) in [6.07, 6.45) is -4.67. The maximum Gasteiger partial charge on any atom is 0.435 e. The summed E-state index contributed by atoms with van der Waals surface area (Å²) in [7, 11) is 0. The first-order chi connectivity index (χ1) is 14.2. The molecule has 0 aliphatic carbocycles. The van der Waals surface area contributed by atoms with Crippen molar-refractivity contribution in [3.05, 3.63) is 53.7 Å². The van der Waals surface area contributed by atoms with Gasteiger partial charge in [0.1, 0.15) is 6.54 Å². The van der Waals surface area contributed by atoms with Gasteiger partial charge in [0.05, 0.1) is 18.0 Å². The van der Waals surface area contributed by atoms with E-state index in [1.165, 1.54) is 0 Å². The van der Waals surface area contributed by atoms with E-state index in [9.17, 15) is 26.7 Å². The Balaban J connectivity index is 1.96. The fourth-order valence-corrected chi connectivity index (χ4v) is 3.35. The van der Waals surface area contributed by atoms with Crippen molar-refractivity contribution in [1.82, 2.24) is 14.8 Å². The Kier molecular flexibility index (Phi) is 6.42. The van der Waals surface area contributed by atoms with Gasteiger partial charge in [0.15, 0.2) is 5.69 Å². The van der Waals surface area contributed by atoms with Crippen LogP contribution in [0.15, 0.2) is 42.5 Å². The van der Waals surface area contributed by atoms with Crippen molar-refractivity contribution in [3.8, 4) is 22.6 Å². The number of hydrogen-bond donors (Lipinski definition) is 1. The molecule has 2 heterocycles. The van der Waals surface area contributed by atoms with E-state index >= 15 is 0 Å². The van der Waals surface area contributed by atoms with Gasteiger partial charge in [-0.15, -0.1) is 0 Å². The van der Waals surface area contributed by atoms with Gasteiger partial charge in [-0.25, -0.2) is 0 Å². The molecule has 1 N–H and O–H groups in total. The number of nitrogens with zero attached hydrogens (tertiary/aromatic N) is 2. The highest BCUT2D eigenvalue weighted by molar-refractivity contribution is 7.78. The zero-order valence-corrected chi connectivity index (χ0v) is 16.5. The number of aromatic nitrogens is 3. The molecule has 160 valence electrons. The fraction of sp³-hybridized carbons (Fsp3) is 0.263. The molecular weight excluding hydrogens is 423 g/mol. The SMILES string of the molecule is CCOC(=O)Cn1nc(C(F)(F)F)cc1-c1ccc(-c2cccc(CS(=O)[O-])c2)[nH]1. The second-order valence-electron chi connectivity index (χ2n) is 6.31. The van der Waals surface area contributed by atoms with Gasteiger partial charge < -0.3 is 14.3 Å². The third-order valence-corrected chi connectivity index (χ3v) is 4.71. The normalized spacial score (nSPS) is 12.7. The van der Waals surface area contributed by atoms with Crippen LogP contribution in [0.5, 0.6) is 0 Å².